The van der Waals surface area contributed by atoms with E-state index in [9.17, 15) is 9.18 Å². The SMILES string of the molecule is NC1(CC(=O)c2ccncc2F)CCC1. The Bertz CT molecular complexity index is 388. The van der Waals surface area contributed by atoms with Gasteiger partial charge in [-0.3, -0.25) is 9.78 Å². The smallest absolute Gasteiger partial charge is 0.167 e. The molecule has 3 nitrogen and oxygen atoms in total. The van der Waals surface area contributed by atoms with Gasteiger partial charge in [-0.2, -0.15) is 0 Å². The third-order valence-corrected chi connectivity index (χ3v) is 2.93. The fraction of sp³-hybridized carbons (Fsp3) is 0.455. The molecule has 2 N–H and O–H groups in total. The van der Waals surface area contributed by atoms with Crippen molar-refractivity contribution in [3.63, 3.8) is 0 Å². The highest BCUT2D eigenvalue weighted by Crippen LogP contribution is 2.33. The van der Waals surface area contributed by atoms with Crippen LogP contribution < -0.4 is 5.73 Å². The van der Waals surface area contributed by atoms with E-state index in [1.165, 1.54) is 12.3 Å². The van der Waals surface area contributed by atoms with E-state index in [1.54, 1.807) is 0 Å². The Hall–Kier alpha value is -1.29. The predicted molar refractivity (Wildman–Crippen MR) is 53.9 cm³/mol. The highest BCUT2D eigenvalue weighted by atomic mass is 19.1. The number of nitrogens with zero attached hydrogens (tertiary/aromatic N) is 1. The summed E-state index contributed by atoms with van der Waals surface area (Å²) in [5.41, 5.74) is 5.64. The highest BCUT2D eigenvalue weighted by molar-refractivity contribution is 5.97. The van der Waals surface area contributed by atoms with Gasteiger partial charge in [-0.05, 0) is 25.3 Å². The van der Waals surface area contributed by atoms with Crippen molar-refractivity contribution in [2.75, 3.05) is 0 Å². The van der Waals surface area contributed by atoms with Crippen molar-refractivity contribution in [2.45, 2.75) is 31.2 Å². The summed E-state index contributed by atoms with van der Waals surface area (Å²) >= 11 is 0. The minimum Gasteiger partial charge on any atom is -0.325 e. The maximum absolute atomic E-state index is 13.2. The number of rotatable bonds is 3. The molecule has 15 heavy (non-hydrogen) atoms. The van der Waals surface area contributed by atoms with Gasteiger partial charge < -0.3 is 5.73 Å². The van der Waals surface area contributed by atoms with Gasteiger partial charge in [-0.15, -0.1) is 0 Å². The van der Waals surface area contributed by atoms with Gasteiger partial charge in [0.2, 0.25) is 0 Å². The van der Waals surface area contributed by atoms with Gasteiger partial charge in [0, 0.05) is 18.2 Å². The normalized spacial score (nSPS) is 18.3. The third kappa shape index (κ3) is 2.04. The molecule has 0 radical (unpaired) electrons. The number of hydrogen-bond acceptors (Lipinski definition) is 3. The zero-order valence-corrected chi connectivity index (χ0v) is 8.37. The number of halogens is 1. The van der Waals surface area contributed by atoms with E-state index >= 15 is 0 Å². The second-order valence-electron chi connectivity index (χ2n) is 4.17. The minimum absolute atomic E-state index is 0.0988. The zero-order chi connectivity index (χ0) is 10.9. The van der Waals surface area contributed by atoms with Gasteiger partial charge in [0.15, 0.2) is 11.6 Å². The van der Waals surface area contributed by atoms with E-state index in [0.29, 0.717) is 0 Å². The number of ketones is 1. The number of aromatic nitrogens is 1. The van der Waals surface area contributed by atoms with Crippen LogP contribution in [-0.4, -0.2) is 16.3 Å². The Morgan fingerprint density at radius 3 is 2.87 bits per heavy atom. The molecule has 0 aromatic carbocycles. The largest absolute Gasteiger partial charge is 0.325 e. The second-order valence-corrected chi connectivity index (χ2v) is 4.17. The average molecular weight is 208 g/mol. The number of carbonyl (C=O) groups excluding carboxylic acids is 1. The number of Topliss-reactive ketones (excluding diaryl/α,β-unsaturated/α-hetero) is 1. The minimum atomic E-state index is -0.564. The second kappa shape index (κ2) is 3.70. The summed E-state index contributed by atoms with van der Waals surface area (Å²) in [6.45, 7) is 0. The molecule has 0 bridgehead atoms. The standard InChI is InChI=1S/C11H13FN2O/c12-9-7-14-5-2-8(9)10(15)6-11(13)3-1-4-11/h2,5,7H,1,3-4,6,13H2. The van der Waals surface area contributed by atoms with E-state index in [2.05, 4.69) is 4.98 Å². The van der Waals surface area contributed by atoms with Crippen LogP contribution in [0.15, 0.2) is 18.5 Å². The summed E-state index contributed by atoms with van der Waals surface area (Å²) in [6.07, 6.45) is 5.46. The molecule has 0 spiro atoms. The van der Waals surface area contributed by atoms with Crippen LogP contribution in [0, 0.1) is 5.82 Å². The summed E-state index contributed by atoms with van der Waals surface area (Å²) < 4.78 is 13.2. The quantitative estimate of drug-likeness (QED) is 0.769. The number of nitrogens with two attached hydrogens (primary N) is 1. The molecule has 1 fully saturated rings. The topological polar surface area (TPSA) is 56.0 Å². The van der Waals surface area contributed by atoms with Gasteiger partial charge in [0.25, 0.3) is 0 Å². The molecule has 1 heterocycles. The van der Waals surface area contributed by atoms with Crippen LogP contribution in [0.5, 0.6) is 0 Å². The summed E-state index contributed by atoms with van der Waals surface area (Å²) in [4.78, 5) is 15.3. The maximum Gasteiger partial charge on any atom is 0.167 e. The van der Waals surface area contributed by atoms with Gasteiger partial charge in [-0.1, -0.05) is 0 Å². The zero-order valence-electron chi connectivity index (χ0n) is 8.37. The molecule has 0 saturated heterocycles. The van der Waals surface area contributed by atoms with Gasteiger partial charge in [0.05, 0.1) is 11.8 Å². The molecule has 2 rings (SSSR count). The molecule has 1 aliphatic carbocycles. The first-order valence-electron chi connectivity index (χ1n) is 5.02. The van der Waals surface area contributed by atoms with Crippen molar-refractivity contribution in [1.29, 1.82) is 0 Å². The first kappa shape index (κ1) is 10.2. The molecule has 1 saturated carbocycles. The molecule has 0 amide bonds. The van der Waals surface area contributed by atoms with Crippen molar-refractivity contribution < 1.29 is 9.18 Å². The Balaban J connectivity index is 2.11. The number of hydrogen-bond donors (Lipinski definition) is 1. The number of carbonyl (C=O) groups is 1. The van der Waals surface area contributed by atoms with Gasteiger partial charge in [-0.25, -0.2) is 4.39 Å². The molecule has 0 unspecified atom stereocenters. The van der Waals surface area contributed by atoms with Gasteiger partial charge in [0.1, 0.15) is 0 Å². The Labute approximate surface area is 87.5 Å². The molecule has 1 aromatic rings. The van der Waals surface area contributed by atoms with E-state index in [0.717, 1.165) is 25.5 Å². The fourth-order valence-electron chi connectivity index (χ4n) is 1.82. The monoisotopic (exact) mass is 208 g/mol. The van der Waals surface area contributed by atoms with Crippen LogP contribution in [0.4, 0.5) is 4.39 Å². The predicted octanol–water partition coefficient (Wildman–Crippen LogP) is 1.67. The maximum atomic E-state index is 13.2. The van der Waals surface area contributed by atoms with Crippen molar-refractivity contribution in [3.8, 4) is 0 Å². The van der Waals surface area contributed by atoms with Gasteiger partial charge >= 0.3 is 0 Å². The molecule has 80 valence electrons. The van der Waals surface area contributed by atoms with Crippen LogP contribution in [0.25, 0.3) is 0 Å². The lowest BCUT2D eigenvalue weighted by atomic mass is 9.74. The summed E-state index contributed by atoms with van der Waals surface area (Å²) in [5.74, 6) is -0.789. The molecule has 4 heteroatoms. The van der Waals surface area contributed by atoms with Crippen molar-refractivity contribution >= 4 is 5.78 Å². The number of pyridine rings is 1. The van der Waals surface area contributed by atoms with Crippen LogP contribution in [0.1, 0.15) is 36.0 Å². The summed E-state index contributed by atoms with van der Waals surface area (Å²) in [5, 5.41) is 0. The summed E-state index contributed by atoms with van der Waals surface area (Å²) in [7, 11) is 0. The highest BCUT2D eigenvalue weighted by Gasteiger charge is 2.35. The van der Waals surface area contributed by atoms with Crippen LogP contribution in [0.3, 0.4) is 0 Å². The Morgan fingerprint density at radius 1 is 1.60 bits per heavy atom. The van der Waals surface area contributed by atoms with E-state index in [4.69, 9.17) is 5.73 Å². The molecule has 0 aliphatic heterocycles. The molecule has 1 aromatic heterocycles. The summed E-state index contributed by atoms with van der Waals surface area (Å²) in [6, 6.07) is 1.40. The van der Waals surface area contributed by atoms with Crippen LogP contribution >= 0.6 is 0 Å². The third-order valence-electron chi connectivity index (χ3n) is 2.93. The van der Waals surface area contributed by atoms with E-state index in [-0.39, 0.29) is 17.8 Å². The first-order chi connectivity index (χ1) is 7.11. The first-order valence-corrected chi connectivity index (χ1v) is 5.02. The Kier molecular flexibility index (Phi) is 2.52. The van der Waals surface area contributed by atoms with E-state index < -0.39 is 11.4 Å². The average Bonchev–Trinajstić information content (AvgIpc) is 2.16. The molecule has 0 atom stereocenters. The lowest BCUT2D eigenvalue weighted by molar-refractivity contribution is 0.0908. The lowest BCUT2D eigenvalue weighted by Crippen LogP contribution is -2.48. The Morgan fingerprint density at radius 2 is 2.33 bits per heavy atom. The van der Waals surface area contributed by atoms with Crippen molar-refractivity contribution in [1.82, 2.24) is 4.98 Å². The van der Waals surface area contributed by atoms with Crippen LogP contribution in [0.2, 0.25) is 0 Å². The molecular weight excluding hydrogens is 195 g/mol. The fourth-order valence-corrected chi connectivity index (χ4v) is 1.82. The lowest BCUT2D eigenvalue weighted by Gasteiger charge is -2.37. The molecule has 1 aliphatic rings. The van der Waals surface area contributed by atoms with Crippen molar-refractivity contribution in [2.24, 2.45) is 5.73 Å². The molecular formula is C11H13FN2O. The van der Waals surface area contributed by atoms with Crippen LogP contribution in [-0.2, 0) is 0 Å². The van der Waals surface area contributed by atoms with Crippen molar-refractivity contribution in [3.05, 3.63) is 29.8 Å². The van der Waals surface area contributed by atoms with E-state index in [1.807, 2.05) is 0 Å².